The van der Waals surface area contributed by atoms with Crippen LogP contribution in [0.1, 0.15) is 50.7 Å². The van der Waals surface area contributed by atoms with Crippen molar-refractivity contribution in [3.63, 3.8) is 0 Å². The van der Waals surface area contributed by atoms with Gasteiger partial charge in [-0.2, -0.15) is 0 Å². The predicted octanol–water partition coefficient (Wildman–Crippen LogP) is 7.13. The van der Waals surface area contributed by atoms with Crippen LogP contribution in [0.3, 0.4) is 0 Å². The Hall–Kier alpha value is -3.33. The van der Waals surface area contributed by atoms with Crippen LogP contribution in [0, 0.1) is 5.41 Å². The van der Waals surface area contributed by atoms with Gasteiger partial charge in [0.1, 0.15) is 17.3 Å². The van der Waals surface area contributed by atoms with Gasteiger partial charge in [-0.3, -0.25) is 4.79 Å². The van der Waals surface area contributed by atoms with Gasteiger partial charge in [0.25, 0.3) is 0 Å². The van der Waals surface area contributed by atoms with E-state index in [-0.39, 0.29) is 12.8 Å². The third-order valence-electron chi connectivity index (χ3n) is 7.22. The molecular formula is C29H30O3. The van der Waals surface area contributed by atoms with E-state index in [0.29, 0.717) is 23.2 Å². The first-order valence-electron chi connectivity index (χ1n) is 10.9. The van der Waals surface area contributed by atoms with Crippen molar-refractivity contribution >= 4 is 27.3 Å². The van der Waals surface area contributed by atoms with E-state index in [1.807, 2.05) is 42.5 Å². The quantitative estimate of drug-likeness (QED) is 0.314. The molecule has 4 aromatic carbocycles. The molecule has 4 aromatic rings. The molecule has 2 N–H and O–H groups in total. The van der Waals surface area contributed by atoms with Crippen molar-refractivity contribution in [2.24, 2.45) is 5.41 Å². The van der Waals surface area contributed by atoms with Gasteiger partial charge in [0.2, 0.25) is 0 Å². The van der Waals surface area contributed by atoms with E-state index in [1.54, 1.807) is 18.2 Å². The summed E-state index contributed by atoms with van der Waals surface area (Å²) in [6, 6.07) is 23.2. The van der Waals surface area contributed by atoms with Crippen LogP contribution in [-0.2, 0) is 11.2 Å². The molecule has 1 unspecified atom stereocenters. The van der Waals surface area contributed by atoms with Crippen molar-refractivity contribution in [1.29, 1.82) is 0 Å². The first-order chi connectivity index (χ1) is 15.0. The first kappa shape index (κ1) is 21.9. The number of aryl methyl sites for hydroxylation is 1. The predicted molar refractivity (Wildman–Crippen MR) is 131 cm³/mol. The summed E-state index contributed by atoms with van der Waals surface area (Å²) in [7, 11) is 0. The normalized spacial score (nSPS) is 21.3. The minimum atomic E-state index is -0.141. The second kappa shape index (κ2) is 8.31. The van der Waals surface area contributed by atoms with Gasteiger partial charge < -0.3 is 10.2 Å². The van der Waals surface area contributed by atoms with Gasteiger partial charge in [0.15, 0.2) is 0 Å². The Morgan fingerprint density at radius 2 is 1.47 bits per heavy atom. The summed E-state index contributed by atoms with van der Waals surface area (Å²) in [4.78, 5) is 12.2. The van der Waals surface area contributed by atoms with Crippen LogP contribution in [0.2, 0.25) is 0 Å². The van der Waals surface area contributed by atoms with Gasteiger partial charge in [0.05, 0.1) is 0 Å². The second-order valence-electron chi connectivity index (χ2n) is 9.00. The van der Waals surface area contributed by atoms with Crippen molar-refractivity contribution in [2.45, 2.75) is 46.0 Å². The molecular weight excluding hydrogens is 396 g/mol. The van der Waals surface area contributed by atoms with Crippen molar-refractivity contribution in [3.05, 3.63) is 83.9 Å². The van der Waals surface area contributed by atoms with E-state index in [0.717, 1.165) is 41.8 Å². The molecule has 1 fully saturated rings. The average molecular weight is 427 g/mol. The van der Waals surface area contributed by atoms with Crippen LogP contribution in [0.5, 0.6) is 11.5 Å². The van der Waals surface area contributed by atoms with Gasteiger partial charge in [0, 0.05) is 11.8 Å². The Balaban J connectivity index is 0.000000174. The molecule has 32 heavy (non-hydrogen) atoms. The highest BCUT2D eigenvalue weighted by Gasteiger charge is 2.49. The van der Waals surface area contributed by atoms with E-state index in [1.165, 1.54) is 16.5 Å². The minimum absolute atomic E-state index is 0. The molecule has 3 nitrogen and oxygen atoms in total. The summed E-state index contributed by atoms with van der Waals surface area (Å²) in [6.07, 6.45) is 3.65. The number of hydrogen-bond acceptors (Lipinski definition) is 3. The molecule has 6 rings (SSSR count). The zero-order valence-corrected chi connectivity index (χ0v) is 17.6. The molecule has 0 spiro atoms. The molecule has 0 aliphatic heterocycles. The van der Waals surface area contributed by atoms with E-state index >= 15 is 0 Å². The molecule has 0 amide bonds. The molecule has 0 saturated heterocycles. The highest BCUT2D eigenvalue weighted by molar-refractivity contribution is 5.92. The van der Waals surface area contributed by atoms with Crippen molar-refractivity contribution < 1.29 is 15.0 Å². The van der Waals surface area contributed by atoms with Crippen LogP contribution in [0.25, 0.3) is 21.5 Å². The number of phenols is 2. The van der Waals surface area contributed by atoms with Crippen LogP contribution in [0.15, 0.2) is 72.8 Å². The fourth-order valence-corrected chi connectivity index (χ4v) is 5.45. The maximum atomic E-state index is 12.2. The molecule has 0 heterocycles. The van der Waals surface area contributed by atoms with Crippen LogP contribution in [-0.4, -0.2) is 16.0 Å². The topological polar surface area (TPSA) is 57.5 Å². The first-order valence-corrected chi connectivity index (χ1v) is 10.9. The fourth-order valence-electron chi connectivity index (χ4n) is 5.45. The maximum absolute atomic E-state index is 12.2. The lowest BCUT2D eigenvalue weighted by atomic mass is 9.66. The van der Waals surface area contributed by atoms with Crippen molar-refractivity contribution in [2.75, 3.05) is 0 Å². The smallest absolute Gasteiger partial charge is 0.139 e. The standard InChI is InChI=1S/C18H18O2.C10H8O.CH4/c1-18-9-8-14-13-5-3-12(19)10-11(13)2-4-15(14)16(18)6-7-17(18)20;11-10-6-5-8-3-1-2-4-9(8)7-10;/h2-5,10,16,19H,6-9H2,1H3;1-7,11H;1H4/t16?,18-;;/m0../s1. The van der Waals surface area contributed by atoms with Gasteiger partial charge >= 0.3 is 0 Å². The van der Waals surface area contributed by atoms with Gasteiger partial charge in [-0.05, 0) is 82.1 Å². The summed E-state index contributed by atoms with van der Waals surface area (Å²) in [5.74, 6) is 1.47. The number of hydrogen-bond donors (Lipinski definition) is 2. The number of phenolic OH excluding ortho intramolecular Hbond substituents is 2. The largest absolute Gasteiger partial charge is 0.508 e. The molecule has 2 aliphatic carbocycles. The third kappa shape index (κ3) is 3.62. The number of carbonyl (C=O) groups is 1. The minimum Gasteiger partial charge on any atom is -0.508 e. The van der Waals surface area contributed by atoms with E-state index in [9.17, 15) is 9.90 Å². The average Bonchev–Trinajstić information content (AvgIpc) is 3.08. The zero-order valence-electron chi connectivity index (χ0n) is 17.6. The van der Waals surface area contributed by atoms with Crippen LogP contribution in [0.4, 0.5) is 0 Å². The summed E-state index contributed by atoms with van der Waals surface area (Å²) in [6.45, 7) is 2.15. The van der Waals surface area contributed by atoms with Gasteiger partial charge in [-0.1, -0.05) is 62.9 Å². The summed E-state index contributed by atoms with van der Waals surface area (Å²) in [5.41, 5.74) is 2.61. The Morgan fingerprint density at radius 3 is 2.25 bits per heavy atom. The lowest BCUT2D eigenvalue weighted by molar-refractivity contribution is -0.126. The highest BCUT2D eigenvalue weighted by Crippen LogP contribution is 2.54. The maximum Gasteiger partial charge on any atom is 0.139 e. The Morgan fingerprint density at radius 1 is 0.812 bits per heavy atom. The van der Waals surface area contributed by atoms with Crippen LogP contribution < -0.4 is 0 Å². The number of Topliss-reactive ketones (excluding diaryl/α,β-unsaturated/α-hetero) is 1. The number of rotatable bonds is 0. The monoisotopic (exact) mass is 426 g/mol. The molecule has 2 aliphatic rings. The lowest BCUT2D eigenvalue weighted by Gasteiger charge is -2.37. The Labute approximate surface area is 189 Å². The highest BCUT2D eigenvalue weighted by atomic mass is 16.3. The second-order valence-corrected chi connectivity index (χ2v) is 9.00. The van der Waals surface area contributed by atoms with Crippen molar-refractivity contribution in [1.82, 2.24) is 0 Å². The molecule has 0 radical (unpaired) electrons. The number of benzene rings is 4. The fraction of sp³-hybridized carbons (Fsp3) is 0.276. The molecule has 3 heteroatoms. The number of fused-ring (bicyclic) bond motifs is 6. The SMILES string of the molecule is C.C[C@]12CCc3c(ccc4cc(O)ccc34)C1CCC2=O.Oc1ccc2ccccc2c1. The zero-order chi connectivity index (χ0) is 21.6. The molecule has 0 bridgehead atoms. The van der Waals surface area contributed by atoms with Crippen LogP contribution >= 0.6 is 0 Å². The van der Waals surface area contributed by atoms with E-state index in [2.05, 4.69) is 19.1 Å². The van der Waals surface area contributed by atoms with E-state index in [4.69, 9.17) is 5.11 Å². The Bertz CT molecular complexity index is 1310. The Kier molecular flexibility index (Phi) is 5.68. The van der Waals surface area contributed by atoms with E-state index < -0.39 is 0 Å². The number of carbonyl (C=O) groups excluding carboxylic acids is 1. The third-order valence-corrected chi connectivity index (χ3v) is 7.22. The number of ketones is 1. The molecule has 0 aromatic heterocycles. The van der Waals surface area contributed by atoms with Gasteiger partial charge in [-0.25, -0.2) is 0 Å². The number of aromatic hydroxyl groups is 2. The summed E-state index contributed by atoms with van der Waals surface area (Å²) < 4.78 is 0. The molecule has 2 atom stereocenters. The van der Waals surface area contributed by atoms with Crippen molar-refractivity contribution in [3.8, 4) is 11.5 Å². The summed E-state index contributed by atoms with van der Waals surface area (Å²) >= 11 is 0. The lowest BCUT2D eigenvalue weighted by Crippen LogP contribution is -2.32. The van der Waals surface area contributed by atoms with Gasteiger partial charge in [-0.15, -0.1) is 0 Å². The molecule has 1 saturated carbocycles. The summed E-state index contributed by atoms with van der Waals surface area (Å²) in [5, 5.41) is 23.3. The molecule has 164 valence electrons.